The largest absolute Gasteiger partial charge is 0.390 e. The van der Waals surface area contributed by atoms with Crippen LogP contribution < -0.4 is 0 Å². The van der Waals surface area contributed by atoms with Crippen molar-refractivity contribution in [3.05, 3.63) is 46.0 Å². The number of benzene rings is 1. The lowest BCUT2D eigenvalue weighted by molar-refractivity contribution is 0.0151. The lowest BCUT2D eigenvalue weighted by Gasteiger charge is -2.17. The third-order valence-corrected chi connectivity index (χ3v) is 3.16. The number of aromatic nitrogens is 1. The summed E-state index contributed by atoms with van der Waals surface area (Å²) in [4.78, 5) is 16.3. The molecule has 0 saturated heterocycles. The summed E-state index contributed by atoms with van der Waals surface area (Å²) < 4.78 is 0. The average molecular weight is 274 g/mol. The first kappa shape index (κ1) is 14.1. The molecular formula is C13H14N4O3. The molecule has 104 valence electrons. The van der Waals surface area contributed by atoms with Gasteiger partial charge in [-0.15, -0.1) is 0 Å². The molecule has 2 rings (SSSR count). The van der Waals surface area contributed by atoms with Crippen molar-refractivity contribution in [2.75, 3.05) is 6.54 Å². The van der Waals surface area contributed by atoms with Crippen molar-refractivity contribution in [1.29, 1.82) is 0 Å². The average Bonchev–Trinajstić information content (AvgIpc) is 2.88. The summed E-state index contributed by atoms with van der Waals surface area (Å²) in [5, 5.41) is 23.9. The van der Waals surface area contributed by atoms with E-state index in [1.807, 2.05) is 0 Å². The highest BCUT2D eigenvalue weighted by Crippen LogP contribution is 2.24. The number of H-pyrrole nitrogens is 1. The fraction of sp³-hybridized carbons (Fsp3) is 0.308. The highest BCUT2D eigenvalue weighted by molar-refractivity contribution is 5.97. The number of aliphatic hydroxyl groups excluding tert-OH is 2. The summed E-state index contributed by atoms with van der Waals surface area (Å²) in [6.07, 6.45) is 0.429. The standard InChI is InChI=1S/C13H14N4O3/c14-17-16-4-3-12(19)13(20)8-1-2-10-9(7-18)6-15-11(10)5-8/h1-2,5-7,12-13,15,19-20H,3-4H2. The highest BCUT2D eigenvalue weighted by Gasteiger charge is 2.18. The maximum atomic E-state index is 10.8. The van der Waals surface area contributed by atoms with Crippen LogP contribution in [0.5, 0.6) is 0 Å². The summed E-state index contributed by atoms with van der Waals surface area (Å²) >= 11 is 0. The number of nitrogens with zero attached hydrogens (tertiary/aromatic N) is 3. The summed E-state index contributed by atoms with van der Waals surface area (Å²) in [6, 6.07) is 5.06. The monoisotopic (exact) mass is 274 g/mol. The molecule has 2 aromatic rings. The van der Waals surface area contributed by atoms with E-state index in [4.69, 9.17) is 5.53 Å². The van der Waals surface area contributed by atoms with E-state index in [-0.39, 0.29) is 13.0 Å². The first-order valence-corrected chi connectivity index (χ1v) is 6.10. The van der Waals surface area contributed by atoms with Gasteiger partial charge in [-0.1, -0.05) is 17.2 Å². The maximum Gasteiger partial charge on any atom is 0.152 e. The number of azide groups is 1. The minimum Gasteiger partial charge on any atom is -0.390 e. The van der Waals surface area contributed by atoms with Crippen LogP contribution in [-0.2, 0) is 0 Å². The molecule has 20 heavy (non-hydrogen) atoms. The van der Waals surface area contributed by atoms with E-state index in [0.29, 0.717) is 16.6 Å². The Kier molecular flexibility index (Phi) is 4.37. The van der Waals surface area contributed by atoms with Crippen LogP contribution in [0.25, 0.3) is 21.3 Å². The molecule has 0 aliphatic rings. The number of rotatable bonds is 6. The van der Waals surface area contributed by atoms with Crippen molar-refractivity contribution < 1.29 is 15.0 Å². The second-order valence-electron chi connectivity index (χ2n) is 4.42. The number of fused-ring (bicyclic) bond motifs is 1. The fourth-order valence-electron chi connectivity index (χ4n) is 2.06. The molecule has 0 amide bonds. The van der Waals surface area contributed by atoms with Crippen LogP contribution in [-0.4, -0.2) is 34.1 Å². The van der Waals surface area contributed by atoms with Crippen molar-refractivity contribution in [2.45, 2.75) is 18.6 Å². The van der Waals surface area contributed by atoms with E-state index in [0.717, 1.165) is 11.7 Å². The molecule has 0 aliphatic carbocycles. The number of nitrogens with one attached hydrogen (secondary N) is 1. The lowest BCUT2D eigenvalue weighted by atomic mass is 10.0. The summed E-state index contributed by atoms with van der Waals surface area (Å²) in [6.45, 7) is 0.120. The van der Waals surface area contributed by atoms with E-state index >= 15 is 0 Å². The highest BCUT2D eigenvalue weighted by atomic mass is 16.3. The van der Waals surface area contributed by atoms with Crippen molar-refractivity contribution >= 4 is 17.2 Å². The Bertz CT molecular complexity index is 661. The van der Waals surface area contributed by atoms with Crippen LogP contribution in [0.3, 0.4) is 0 Å². The normalized spacial score (nSPS) is 13.7. The Morgan fingerprint density at radius 3 is 2.95 bits per heavy atom. The van der Waals surface area contributed by atoms with Gasteiger partial charge in [0.15, 0.2) is 6.29 Å². The van der Waals surface area contributed by atoms with Crippen LogP contribution in [0.4, 0.5) is 0 Å². The zero-order valence-electron chi connectivity index (χ0n) is 10.6. The molecule has 0 radical (unpaired) electrons. The van der Waals surface area contributed by atoms with Gasteiger partial charge in [-0.2, -0.15) is 0 Å². The Morgan fingerprint density at radius 2 is 2.25 bits per heavy atom. The van der Waals surface area contributed by atoms with Crippen LogP contribution in [0.1, 0.15) is 28.4 Å². The van der Waals surface area contributed by atoms with Crippen molar-refractivity contribution in [1.82, 2.24) is 4.98 Å². The predicted molar refractivity (Wildman–Crippen MR) is 73.3 cm³/mol. The molecule has 3 N–H and O–H groups in total. The Labute approximate surface area is 114 Å². The van der Waals surface area contributed by atoms with Gasteiger partial charge in [0, 0.05) is 34.1 Å². The molecule has 2 unspecified atom stereocenters. The first-order chi connectivity index (χ1) is 9.67. The molecule has 1 heterocycles. The van der Waals surface area contributed by atoms with Crippen LogP contribution in [0, 0.1) is 0 Å². The van der Waals surface area contributed by atoms with Gasteiger partial charge in [0.25, 0.3) is 0 Å². The second kappa shape index (κ2) is 6.21. The number of carbonyl (C=O) groups is 1. The second-order valence-corrected chi connectivity index (χ2v) is 4.42. The minimum atomic E-state index is -1.07. The Morgan fingerprint density at radius 1 is 1.45 bits per heavy atom. The zero-order valence-corrected chi connectivity index (χ0v) is 10.6. The first-order valence-electron chi connectivity index (χ1n) is 6.10. The number of aliphatic hydroxyl groups is 2. The van der Waals surface area contributed by atoms with Gasteiger partial charge in [-0.25, -0.2) is 0 Å². The van der Waals surface area contributed by atoms with Crippen LogP contribution >= 0.6 is 0 Å². The van der Waals surface area contributed by atoms with Gasteiger partial charge in [-0.05, 0) is 23.6 Å². The van der Waals surface area contributed by atoms with Crippen LogP contribution in [0.2, 0.25) is 0 Å². The smallest absolute Gasteiger partial charge is 0.152 e. The van der Waals surface area contributed by atoms with Gasteiger partial charge in [0.1, 0.15) is 6.10 Å². The molecule has 1 aromatic carbocycles. The van der Waals surface area contributed by atoms with E-state index in [9.17, 15) is 15.0 Å². The van der Waals surface area contributed by atoms with Crippen molar-refractivity contribution in [2.24, 2.45) is 5.11 Å². The quantitative estimate of drug-likeness (QED) is 0.323. The van der Waals surface area contributed by atoms with Gasteiger partial charge in [0.2, 0.25) is 0 Å². The van der Waals surface area contributed by atoms with Crippen LogP contribution in [0.15, 0.2) is 29.5 Å². The molecule has 0 bridgehead atoms. The Balaban J connectivity index is 2.19. The molecule has 0 saturated carbocycles. The molecule has 0 fully saturated rings. The zero-order chi connectivity index (χ0) is 14.5. The van der Waals surface area contributed by atoms with Gasteiger partial charge < -0.3 is 15.2 Å². The van der Waals surface area contributed by atoms with E-state index in [1.165, 1.54) is 0 Å². The van der Waals surface area contributed by atoms with Gasteiger partial charge >= 0.3 is 0 Å². The van der Waals surface area contributed by atoms with E-state index < -0.39 is 12.2 Å². The summed E-state index contributed by atoms with van der Waals surface area (Å²) in [7, 11) is 0. The topological polar surface area (TPSA) is 122 Å². The minimum absolute atomic E-state index is 0.120. The van der Waals surface area contributed by atoms with E-state index in [1.54, 1.807) is 24.4 Å². The third-order valence-electron chi connectivity index (χ3n) is 3.16. The maximum absolute atomic E-state index is 10.8. The Hall–Kier alpha value is -2.34. The lowest BCUT2D eigenvalue weighted by Crippen LogP contribution is -2.19. The summed E-state index contributed by atoms with van der Waals surface area (Å²) in [5.74, 6) is 0. The predicted octanol–water partition coefficient (Wildman–Crippen LogP) is 2.08. The fourth-order valence-corrected chi connectivity index (χ4v) is 2.06. The van der Waals surface area contributed by atoms with Crippen molar-refractivity contribution in [3.63, 3.8) is 0 Å². The molecule has 7 heteroatoms. The molecule has 0 spiro atoms. The number of aldehydes is 1. The third kappa shape index (κ3) is 2.80. The van der Waals surface area contributed by atoms with Gasteiger partial charge in [-0.3, -0.25) is 4.79 Å². The summed E-state index contributed by atoms with van der Waals surface area (Å²) in [5.41, 5.74) is 9.95. The SMILES string of the molecule is [N-]=[N+]=NCCC(O)C(O)c1ccc2c(C=O)c[nH]c2c1. The molecule has 7 nitrogen and oxygen atoms in total. The number of hydrogen-bond donors (Lipinski definition) is 3. The van der Waals surface area contributed by atoms with Gasteiger partial charge in [0.05, 0.1) is 6.10 Å². The number of hydrogen-bond acceptors (Lipinski definition) is 4. The molecule has 1 aromatic heterocycles. The van der Waals surface area contributed by atoms with E-state index in [2.05, 4.69) is 15.0 Å². The van der Waals surface area contributed by atoms with Crippen molar-refractivity contribution in [3.8, 4) is 0 Å². The molecule has 0 aliphatic heterocycles. The number of carbonyl (C=O) groups excluding carboxylic acids is 1. The number of aromatic amines is 1. The molecule has 2 atom stereocenters. The molecular weight excluding hydrogens is 260 g/mol.